The van der Waals surface area contributed by atoms with Gasteiger partial charge in [-0.2, -0.15) is 9.71 Å². The largest absolute Gasteiger partial charge is 0.337 e. The summed E-state index contributed by atoms with van der Waals surface area (Å²) in [6.07, 6.45) is 3.22. The molecule has 0 fully saturated rings. The molecule has 2 heterocycles. The van der Waals surface area contributed by atoms with E-state index in [-0.39, 0.29) is 21.7 Å². The van der Waals surface area contributed by atoms with Crippen LogP contribution in [0.5, 0.6) is 0 Å². The van der Waals surface area contributed by atoms with Gasteiger partial charge in [0.15, 0.2) is 0 Å². The van der Waals surface area contributed by atoms with Gasteiger partial charge in [-0.1, -0.05) is 42.2 Å². The molecule has 1 atom stereocenters. The highest BCUT2D eigenvalue weighted by Crippen LogP contribution is 2.35. The monoisotopic (exact) mass is 454 g/mol. The van der Waals surface area contributed by atoms with Crippen LogP contribution in [0.15, 0.2) is 40.0 Å². The third kappa shape index (κ3) is 4.45. The summed E-state index contributed by atoms with van der Waals surface area (Å²) in [7, 11) is -4.02. The molecule has 154 valence electrons. The molecule has 0 saturated carbocycles. The Kier molecular flexibility index (Phi) is 6.28. The summed E-state index contributed by atoms with van der Waals surface area (Å²) in [4.78, 5) is 8.27. The molecule has 1 N–H and O–H groups in total. The van der Waals surface area contributed by atoms with E-state index in [4.69, 9.17) is 27.7 Å². The smallest absolute Gasteiger partial charge is 0.245 e. The third-order valence-corrected chi connectivity index (χ3v) is 7.06. The molecule has 0 amide bonds. The van der Waals surface area contributed by atoms with Gasteiger partial charge in [0.05, 0.1) is 5.02 Å². The van der Waals surface area contributed by atoms with Gasteiger partial charge < -0.3 is 4.52 Å². The van der Waals surface area contributed by atoms with Crippen LogP contribution in [0.2, 0.25) is 10.0 Å². The molecule has 3 rings (SSSR count). The highest BCUT2D eigenvalue weighted by atomic mass is 35.5. The highest BCUT2D eigenvalue weighted by Gasteiger charge is 2.31. The van der Waals surface area contributed by atoms with Crippen LogP contribution in [-0.4, -0.2) is 23.5 Å². The molecule has 1 unspecified atom stereocenters. The second kappa shape index (κ2) is 8.39. The summed E-state index contributed by atoms with van der Waals surface area (Å²) in [5.41, 5.74) is 1.66. The molecule has 0 aliphatic carbocycles. The summed E-state index contributed by atoms with van der Waals surface area (Å²) in [6.45, 7) is 7.01. The van der Waals surface area contributed by atoms with E-state index in [0.717, 1.165) is 0 Å². The summed E-state index contributed by atoms with van der Waals surface area (Å²) < 4.78 is 34.4. The lowest BCUT2D eigenvalue weighted by Gasteiger charge is -2.20. The van der Waals surface area contributed by atoms with Crippen molar-refractivity contribution in [3.05, 3.63) is 57.7 Å². The van der Waals surface area contributed by atoms with E-state index in [0.29, 0.717) is 27.5 Å². The van der Waals surface area contributed by atoms with Crippen molar-refractivity contribution in [2.75, 3.05) is 0 Å². The summed E-state index contributed by atoms with van der Waals surface area (Å²) >= 11 is 12.5. The minimum absolute atomic E-state index is 0.0521. The zero-order valence-electron chi connectivity index (χ0n) is 16.3. The number of hydrogen-bond donors (Lipinski definition) is 1. The first-order valence-electron chi connectivity index (χ1n) is 8.83. The van der Waals surface area contributed by atoms with Crippen molar-refractivity contribution >= 4 is 33.2 Å². The van der Waals surface area contributed by atoms with Gasteiger partial charge in [0.2, 0.25) is 21.7 Å². The van der Waals surface area contributed by atoms with Crippen LogP contribution in [0.1, 0.15) is 36.9 Å². The Morgan fingerprint density at radius 1 is 1.14 bits per heavy atom. The fraction of sp³-hybridized carbons (Fsp3) is 0.316. The average molecular weight is 455 g/mol. The number of benzene rings is 1. The lowest BCUT2D eigenvalue weighted by atomic mass is 10.1. The Labute approximate surface area is 179 Å². The number of rotatable bonds is 6. The molecule has 3 aromatic rings. The van der Waals surface area contributed by atoms with E-state index < -0.39 is 16.1 Å². The fourth-order valence-corrected chi connectivity index (χ4v) is 5.36. The Morgan fingerprint density at radius 3 is 2.41 bits per heavy atom. The normalized spacial score (nSPS) is 13.1. The second-order valence-electron chi connectivity index (χ2n) is 6.98. The fourth-order valence-electron chi connectivity index (χ4n) is 2.81. The predicted molar refractivity (Wildman–Crippen MR) is 111 cm³/mol. The van der Waals surface area contributed by atoms with E-state index >= 15 is 0 Å². The maximum atomic E-state index is 13.2. The quantitative estimate of drug-likeness (QED) is 0.577. The first-order valence-corrected chi connectivity index (χ1v) is 11.1. The highest BCUT2D eigenvalue weighted by molar-refractivity contribution is 7.89. The standard InChI is InChI=1S/C19H20Cl2N4O3S/c1-10(2)16(19-23-18(24-28-19)13-5-7-22-8-6-13)25-29(26,27)17-12(4)14(20)9-11(3)15(17)21/h5-10,16,25H,1-4H3. The Balaban J connectivity index is 2.00. The van der Waals surface area contributed by atoms with Crippen molar-refractivity contribution in [3.63, 3.8) is 0 Å². The summed E-state index contributed by atoms with van der Waals surface area (Å²) in [5.74, 6) is 0.331. The number of aromatic nitrogens is 3. The van der Waals surface area contributed by atoms with Crippen LogP contribution in [0.4, 0.5) is 0 Å². The Hall–Kier alpha value is -2.00. The number of nitrogens with one attached hydrogen (secondary N) is 1. The Morgan fingerprint density at radius 2 is 1.79 bits per heavy atom. The number of pyridine rings is 1. The van der Waals surface area contributed by atoms with Crippen molar-refractivity contribution in [1.82, 2.24) is 19.8 Å². The molecule has 0 bridgehead atoms. The van der Waals surface area contributed by atoms with Gasteiger partial charge >= 0.3 is 0 Å². The number of halogens is 2. The van der Waals surface area contributed by atoms with Gasteiger partial charge in [-0.15, -0.1) is 0 Å². The third-order valence-electron chi connectivity index (χ3n) is 4.45. The second-order valence-corrected chi connectivity index (χ2v) is 9.41. The first kappa shape index (κ1) is 21.7. The molecule has 1 aromatic carbocycles. The van der Waals surface area contributed by atoms with Crippen LogP contribution in [0.25, 0.3) is 11.4 Å². The molecular formula is C19H20Cl2N4O3S. The molecule has 0 radical (unpaired) electrons. The maximum Gasteiger partial charge on any atom is 0.245 e. The minimum atomic E-state index is -4.02. The van der Waals surface area contributed by atoms with Gasteiger partial charge in [-0.3, -0.25) is 4.98 Å². The lowest BCUT2D eigenvalue weighted by Crippen LogP contribution is -2.32. The van der Waals surface area contributed by atoms with Crippen LogP contribution in [0, 0.1) is 19.8 Å². The molecule has 0 spiro atoms. The van der Waals surface area contributed by atoms with Gasteiger partial charge in [-0.05, 0) is 49.1 Å². The molecule has 29 heavy (non-hydrogen) atoms. The zero-order valence-corrected chi connectivity index (χ0v) is 18.6. The van der Waals surface area contributed by atoms with Gasteiger partial charge in [0, 0.05) is 23.0 Å². The van der Waals surface area contributed by atoms with Crippen molar-refractivity contribution in [2.24, 2.45) is 5.92 Å². The van der Waals surface area contributed by atoms with Crippen LogP contribution < -0.4 is 4.72 Å². The molecule has 10 heteroatoms. The van der Waals surface area contributed by atoms with Crippen molar-refractivity contribution in [1.29, 1.82) is 0 Å². The summed E-state index contributed by atoms with van der Waals surface area (Å²) in [6, 6.07) is 4.36. The number of sulfonamides is 1. The van der Waals surface area contributed by atoms with E-state index in [1.807, 2.05) is 13.8 Å². The summed E-state index contributed by atoms with van der Waals surface area (Å²) in [5, 5.41) is 4.41. The van der Waals surface area contributed by atoms with Gasteiger partial charge in [-0.25, -0.2) is 8.42 Å². The van der Waals surface area contributed by atoms with E-state index in [9.17, 15) is 8.42 Å². The maximum absolute atomic E-state index is 13.2. The minimum Gasteiger partial charge on any atom is -0.337 e. The topological polar surface area (TPSA) is 98.0 Å². The van der Waals surface area contributed by atoms with Crippen molar-refractivity contribution in [3.8, 4) is 11.4 Å². The molecule has 0 aliphatic heterocycles. The Bertz CT molecular complexity index is 1110. The molecule has 0 aliphatic rings. The van der Waals surface area contributed by atoms with Crippen molar-refractivity contribution in [2.45, 2.75) is 38.6 Å². The SMILES string of the molecule is Cc1cc(Cl)c(C)c(S(=O)(=O)NC(c2nc(-c3ccncc3)no2)C(C)C)c1Cl. The van der Waals surface area contributed by atoms with Crippen LogP contribution in [0.3, 0.4) is 0 Å². The molecule has 0 saturated heterocycles. The van der Waals surface area contributed by atoms with Crippen molar-refractivity contribution < 1.29 is 12.9 Å². The first-order chi connectivity index (χ1) is 13.6. The van der Waals surface area contributed by atoms with Gasteiger partial charge in [0.1, 0.15) is 10.9 Å². The van der Waals surface area contributed by atoms with Gasteiger partial charge in [0.25, 0.3) is 0 Å². The van der Waals surface area contributed by atoms with E-state index in [1.54, 1.807) is 44.4 Å². The molecule has 2 aromatic heterocycles. The molecular weight excluding hydrogens is 435 g/mol. The number of nitrogens with zero attached hydrogens (tertiary/aromatic N) is 3. The van der Waals surface area contributed by atoms with E-state index in [2.05, 4.69) is 19.8 Å². The lowest BCUT2D eigenvalue weighted by molar-refractivity contribution is 0.311. The molecule has 7 nitrogen and oxygen atoms in total. The average Bonchev–Trinajstić information content (AvgIpc) is 3.15. The predicted octanol–water partition coefficient (Wildman–Crippen LogP) is 4.73. The number of aryl methyl sites for hydroxylation is 1. The zero-order chi connectivity index (χ0) is 21.3. The van der Waals surface area contributed by atoms with Crippen LogP contribution >= 0.6 is 23.2 Å². The van der Waals surface area contributed by atoms with E-state index in [1.165, 1.54) is 0 Å². The number of hydrogen-bond acceptors (Lipinski definition) is 6. The van der Waals surface area contributed by atoms with Crippen LogP contribution in [-0.2, 0) is 10.0 Å².